The first-order chi connectivity index (χ1) is 7.92. The summed E-state index contributed by atoms with van der Waals surface area (Å²) in [5.41, 5.74) is -0.149. The summed E-state index contributed by atoms with van der Waals surface area (Å²) in [6.07, 6.45) is 4.39. The molecular weight excluding hydrogens is 246 g/mol. The molecule has 18 heavy (non-hydrogen) atoms. The summed E-state index contributed by atoms with van der Waals surface area (Å²) in [6.45, 7) is 14.6. The summed E-state index contributed by atoms with van der Waals surface area (Å²) in [5.74, 6) is 0. The lowest BCUT2D eigenvalue weighted by molar-refractivity contribution is 0.156. The molecule has 0 aromatic rings. The minimum Gasteiger partial charge on any atom is -0.212 e. The molecule has 0 N–H and O–H groups in total. The second-order valence-electron chi connectivity index (χ2n) is 6.13. The number of nitrogens with zero attached hydrogens (tertiary/aromatic N) is 1. The minimum atomic E-state index is -3.11. The number of hydrogen-bond acceptors (Lipinski definition) is 2. The molecule has 112 valence electrons. The van der Waals surface area contributed by atoms with Gasteiger partial charge in [-0.3, -0.25) is 0 Å². The lowest BCUT2D eigenvalue weighted by Crippen LogP contribution is -2.47. The van der Waals surface area contributed by atoms with Gasteiger partial charge in [0.2, 0.25) is 10.0 Å². The van der Waals surface area contributed by atoms with Crippen molar-refractivity contribution in [2.24, 2.45) is 5.41 Å². The quantitative estimate of drug-likeness (QED) is 0.739. The first kappa shape index (κ1) is 20.2. The van der Waals surface area contributed by atoms with Gasteiger partial charge in [-0.05, 0) is 32.1 Å². The summed E-state index contributed by atoms with van der Waals surface area (Å²) in [7, 11) is -1.45. The largest absolute Gasteiger partial charge is 0.212 e. The van der Waals surface area contributed by atoms with Crippen molar-refractivity contribution < 1.29 is 8.42 Å². The molecule has 0 saturated carbocycles. The van der Waals surface area contributed by atoms with Crippen molar-refractivity contribution in [3.05, 3.63) is 0 Å². The molecule has 0 bridgehead atoms. The van der Waals surface area contributed by atoms with E-state index in [1.54, 1.807) is 7.05 Å². The SMILES string of the molecule is CC.CCCC(C)(C)CC(C)(C)N(C)S(C)(=O)=O. The topological polar surface area (TPSA) is 37.4 Å². The van der Waals surface area contributed by atoms with E-state index in [-0.39, 0.29) is 11.0 Å². The molecule has 0 heterocycles. The second kappa shape index (κ2) is 7.49. The Labute approximate surface area is 115 Å². The lowest BCUT2D eigenvalue weighted by atomic mass is 9.77. The van der Waals surface area contributed by atoms with Gasteiger partial charge in [0, 0.05) is 12.6 Å². The maximum absolute atomic E-state index is 11.5. The van der Waals surface area contributed by atoms with Crippen LogP contribution in [-0.4, -0.2) is 31.6 Å². The third kappa shape index (κ3) is 7.37. The molecule has 0 aliphatic carbocycles. The first-order valence-corrected chi connectivity index (χ1v) is 8.71. The Kier molecular flexibility index (Phi) is 8.42. The van der Waals surface area contributed by atoms with Gasteiger partial charge in [0.15, 0.2) is 0 Å². The van der Waals surface area contributed by atoms with Crippen molar-refractivity contribution in [3.8, 4) is 0 Å². The zero-order chi connectivity index (χ0) is 15.2. The summed E-state index contributed by atoms with van der Waals surface area (Å²) in [6, 6.07) is 0. The van der Waals surface area contributed by atoms with E-state index in [0.29, 0.717) is 0 Å². The van der Waals surface area contributed by atoms with Crippen molar-refractivity contribution >= 4 is 10.0 Å². The lowest BCUT2D eigenvalue weighted by Gasteiger charge is -2.40. The number of rotatable bonds is 6. The third-order valence-electron chi connectivity index (χ3n) is 3.19. The highest BCUT2D eigenvalue weighted by molar-refractivity contribution is 7.88. The maximum atomic E-state index is 11.5. The Morgan fingerprint density at radius 2 is 1.44 bits per heavy atom. The van der Waals surface area contributed by atoms with Gasteiger partial charge in [-0.25, -0.2) is 8.42 Å². The standard InChI is InChI=1S/C12H27NO2S.C2H6/c1-8-9-11(2,3)10-12(4,5)13(6)16(7,14)15;1-2/h8-10H2,1-7H3;1-2H3. The molecule has 0 spiro atoms. The van der Waals surface area contributed by atoms with Gasteiger partial charge in [0.25, 0.3) is 0 Å². The van der Waals surface area contributed by atoms with E-state index in [2.05, 4.69) is 20.8 Å². The molecule has 0 atom stereocenters. The monoisotopic (exact) mass is 279 g/mol. The highest BCUT2D eigenvalue weighted by Gasteiger charge is 2.35. The average molecular weight is 279 g/mol. The van der Waals surface area contributed by atoms with Gasteiger partial charge in [-0.2, -0.15) is 4.31 Å². The van der Waals surface area contributed by atoms with Crippen LogP contribution in [0.2, 0.25) is 0 Å². The van der Waals surface area contributed by atoms with Crippen molar-refractivity contribution in [1.82, 2.24) is 4.31 Å². The average Bonchev–Trinajstić information content (AvgIpc) is 2.16. The van der Waals surface area contributed by atoms with Crippen LogP contribution < -0.4 is 0 Å². The molecule has 0 aromatic heterocycles. The predicted molar refractivity (Wildman–Crippen MR) is 81.3 cm³/mol. The van der Waals surface area contributed by atoms with Crippen molar-refractivity contribution in [2.75, 3.05) is 13.3 Å². The smallest absolute Gasteiger partial charge is 0.211 e. The third-order valence-corrected chi connectivity index (χ3v) is 4.68. The highest BCUT2D eigenvalue weighted by atomic mass is 32.2. The highest BCUT2D eigenvalue weighted by Crippen LogP contribution is 2.35. The second-order valence-corrected chi connectivity index (χ2v) is 8.15. The molecule has 0 aliphatic rings. The zero-order valence-electron chi connectivity index (χ0n) is 13.8. The predicted octanol–water partition coefficient (Wildman–Crippen LogP) is 3.90. The fourth-order valence-corrected chi connectivity index (χ4v) is 3.46. The Morgan fingerprint density at radius 3 is 1.72 bits per heavy atom. The number of hydrogen-bond donors (Lipinski definition) is 0. The van der Waals surface area contributed by atoms with Crippen molar-refractivity contribution in [1.29, 1.82) is 0 Å². The molecule has 4 heteroatoms. The molecule has 0 aliphatic heterocycles. The van der Waals surface area contributed by atoms with Crippen LogP contribution in [0.4, 0.5) is 0 Å². The Bertz CT molecular complexity index is 319. The molecule has 0 unspecified atom stereocenters. The van der Waals surface area contributed by atoms with Crippen LogP contribution in [0.3, 0.4) is 0 Å². The van der Waals surface area contributed by atoms with E-state index in [0.717, 1.165) is 19.3 Å². The number of sulfonamides is 1. The van der Waals surface area contributed by atoms with E-state index in [4.69, 9.17) is 0 Å². The van der Waals surface area contributed by atoms with E-state index >= 15 is 0 Å². The van der Waals surface area contributed by atoms with Gasteiger partial charge < -0.3 is 0 Å². The molecule has 0 fully saturated rings. The first-order valence-electron chi connectivity index (χ1n) is 6.86. The Balaban J connectivity index is 0. The van der Waals surface area contributed by atoms with Crippen LogP contribution in [0, 0.1) is 5.41 Å². The van der Waals surface area contributed by atoms with Crippen LogP contribution in [0.1, 0.15) is 67.7 Å². The zero-order valence-corrected chi connectivity index (χ0v) is 14.6. The van der Waals surface area contributed by atoms with Gasteiger partial charge in [-0.15, -0.1) is 0 Å². The normalized spacial score (nSPS) is 13.2. The van der Waals surface area contributed by atoms with Crippen molar-refractivity contribution in [3.63, 3.8) is 0 Å². The van der Waals surface area contributed by atoms with Crippen LogP contribution >= 0.6 is 0 Å². The Hall–Kier alpha value is -0.0900. The Morgan fingerprint density at radius 1 is 1.06 bits per heavy atom. The van der Waals surface area contributed by atoms with Gasteiger partial charge in [-0.1, -0.05) is 41.0 Å². The summed E-state index contributed by atoms with van der Waals surface area (Å²) in [5, 5.41) is 0. The molecule has 0 saturated heterocycles. The van der Waals surface area contributed by atoms with Crippen LogP contribution in [-0.2, 0) is 10.0 Å². The molecule has 0 aromatic carbocycles. The summed E-state index contributed by atoms with van der Waals surface area (Å²) < 4.78 is 24.6. The molecular formula is C14H33NO2S. The fourth-order valence-electron chi connectivity index (χ4n) is 2.50. The maximum Gasteiger partial charge on any atom is 0.211 e. The van der Waals surface area contributed by atoms with E-state index in [9.17, 15) is 8.42 Å². The van der Waals surface area contributed by atoms with E-state index in [1.807, 2.05) is 27.7 Å². The van der Waals surface area contributed by atoms with E-state index in [1.165, 1.54) is 10.6 Å². The molecule has 0 amide bonds. The molecule has 0 rings (SSSR count). The van der Waals surface area contributed by atoms with Gasteiger partial charge in [0.05, 0.1) is 6.26 Å². The fraction of sp³-hybridized carbons (Fsp3) is 1.00. The molecule has 3 nitrogen and oxygen atoms in total. The van der Waals surface area contributed by atoms with E-state index < -0.39 is 10.0 Å². The van der Waals surface area contributed by atoms with Gasteiger partial charge in [0.1, 0.15) is 0 Å². The van der Waals surface area contributed by atoms with Crippen LogP contribution in [0.15, 0.2) is 0 Å². The minimum absolute atomic E-state index is 0.178. The summed E-state index contributed by atoms with van der Waals surface area (Å²) in [4.78, 5) is 0. The van der Waals surface area contributed by atoms with Crippen LogP contribution in [0.25, 0.3) is 0 Å². The van der Waals surface area contributed by atoms with Crippen molar-refractivity contribution in [2.45, 2.75) is 73.3 Å². The van der Waals surface area contributed by atoms with Gasteiger partial charge >= 0.3 is 0 Å². The molecule has 0 radical (unpaired) electrons. The summed E-state index contributed by atoms with van der Waals surface area (Å²) >= 11 is 0. The van der Waals surface area contributed by atoms with Crippen LogP contribution in [0.5, 0.6) is 0 Å².